The summed E-state index contributed by atoms with van der Waals surface area (Å²) in [6.07, 6.45) is 0. The lowest BCUT2D eigenvalue weighted by Crippen LogP contribution is -2.47. The topological polar surface area (TPSA) is 41.6 Å². The van der Waals surface area contributed by atoms with Gasteiger partial charge in [-0.25, -0.2) is 4.79 Å². The van der Waals surface area contributed by atoms with Gasteiger partial charge in [0.15, 0.2) is 5.58 Å². The van der Waals surface area contributed by atoms with Crippen molar-refractivity contribution >= 4 is 28.4 Å². The van der Waals surface area contributed by atoms with Crippen LogP contribution < -0.4 is 10.7 Å². The fourth-order valence-corrected chi connectivity index (χ4v) is 3.44. The standard InChI is InChI=1S/C18H18ClN3O2/c19-14-5-1-2-6-15(14)21-11-9-20(10-12-21)13-22-16-7-3-4-8-17(16)24-18(22)23/h1-8H,9-13H2. The lowest BCUT2D eigenvalue weighted by molar-refractivity contribution is 0.202. The van der Waals surface area contributed by atoms with E-state index in [9.17, 15) is 4.79 Å². The van der Waals surface area contributed by atoms with Crippen LogP contribution in [0.15, 0.2) is 57.7 Å². The molecule has 1 aliphatic rings. The third-order valence-corrected chi connectivity index (χ3v) is 4.80. The number of nitrogens with zero attached hydrogens (tertiary/aromatic N) is 3. The number of piperazine rings is 1. The minimum Gasteiger partial charge on any atom is -0.408 e. The lowest BCUT2D eigenvalue weighted by atomic mass is 10.2. The van der Waals surface area contributed by atoms with Crippen LogP contribution >= 0.6 is 11.6 Å². The highest BCUT2D eigenvalue weighted by molar-refractivity contribution is 6.33. The highest BCUT2D eigenvalue weighted by Gasteiger charge is 2.20. The van der Waals surface area contributed by atoms with Gasteiger partial charge in [-0.3, -0.25) is 9.47 Å². The van der Waals surface area contributed by atoms with Gasteiger partial charge in [0.25, 0.3) is 0 Å². The summed E-state index contributed by atoms with van der Waals surface area (Å²) >= 11 is 6.28. The Kier molecular flexibility index (Phi) is 4.04. The summed E-state index contributed by atoms with van der Waals surface area (Å²) < 4.78 is 6.99. The molecule has 5 nitrogen and oxygen atoms in total. The molecule has 3 aromatic rings. The molecule has 6 heteroatoms. The van der Waals surface area contributed by atoms with Crippen molar-refractivity contribution in [1.82, 2.24) is 9.47 Å². The SMILES string of the molecule is O=c1oc2ccccc2n1CN1CCN(c2ccccc2Cl)CC1. The molecular formula is C18H18ClN3O2. The van der Waals surface area contributed by atoms with E-state index in [1.807, 2.05) is 48.5 Å². The molecule has 4 rings (SSSR count). The first-order valence-electron chi connectivity index (χ1n) is 8.02. The molecular weight excluding hydrogens is 326 g/mol. The normalized spacial score (nSPS) is 16.0. The van der Waals surface area contributed by atoms with Gasteiger partial charge in [0.1, 0.15) is 0 Å². The maximum absolute atomic E-state index is 12.1. The zero-order valence-electron chi connectivity index (χ0n) is 13.2. The van der Waals surface area contributed by atoms with Gasteiger partial charge < -0.3 is 9.32 Å². The van der Waals surface area contributed by atoms with Gasteiger partial charge in [0, 0.05) is 26.2 Å². The second-order valence-electron chi connectivity index (χ2n) is 5.96. The van der Waals surface area contributed by atoms with Crippen molar-refractivity contribution in [2.45, 2.75) is 6.67 Å². The second-order valence-corrected chi connectivity index (χ2v) is 6.37. The first-order valence-corrected chi connectivity index (χ1v) is 8.40. The summed E-state index contributed by atoms with van der Waals surface area (Å²) in [5, 5.41) is 0.781. The molecule has 1 saturated heterocycles. The summed E-state index contributed by atoms with van der Waals surface area (Å²) in [4.78, 5) is 16.6. The molecule has 0 radical (unpaired) electrons. The number of hydrogen-bond donors (Lipinski definition) is 0. The van der Waals surface area contributed by atoms with Crippen LogP contribution in [0.1, 0.15) is 0 Å². The highest BCUT2D eigenvalue weighted by atomic mass is 35.5. The Balaban J connectivity index is 1.48. The predicted octanol–water partition coefficient (Wildman–Crippen LogP) is 3.03. The lowest BCUT2D eigenvalue weighted by Gasteiger charge is -2.36. The van der Waals surface area contributed by atoms with Crippen molar-refractivity contribution < 1.29 is 4.42 Å². The molecule has 124 valence electrons. The third-order valence-electron chi connectivity index (χ3n) is 4.48. The van der Waals surface area contributed by atoms with Gasteiger partial charge >= 0.3 is 5.76 Å². The Morgan fingerprint density at radius 1 is 0.958 bits per heavy atom. The van der Waals surface area contributed by atoms with E-state index < -0.39 is 0 Å². The van der Waals surface area contributed by atoms with Gasteiger partial charge in [-0.2, -0.15) is 0 Å². The van der Waals surface area contributed by atoms with E-state index in [1.54, 1.807) is 4.57 Å². The number of oxazole rings is 1. The van der Waals surface area contributed by atoms with Crippen molar-refractivity contribution in [3.63, 3.8) is 0 Å². The predicted molar refractivity (Wildman–Crippen MR) is 95.7 cm³/mol. The van der Waals surface area contributed by atoms with Crippen LogP contribution in [0, 0.1) is 0 Å². The molecule has 1 aromatic heterocycles. The Hall–Kier alpha value is -2.24. The second kappa shape index (κ2) is 6.34. The van der Waals surface area contributed by atoms with E-state index in [0.29, 0.717) is 12.3 Å². The number of hydrogen-bond acceptors (Lipinski definition) is 4. The van der Waals surface area contributed by atoms with Gasteiger partial charge in [-0.1, -0.05) is 35.9 Å². The van der Waals surface area contributed by atoms with Crippen molar-refractivity contribution in [2.75, 3.05) is 31.1 Å². The van der Waals surface area contributed by atoms with Gasteiger partial charge in [-0.15, -0.1) is 0 Å². The average Bonchev–Trinajstić information content (AvgIpc) is 2.92. The summed E-state index contributed by atoms with van der Waals surface area (Å²) in [6.45, 7) is 4.06. The molecule has 1 fully saturated rings. The Morgan fingerprint density at radius 2 is 1.67 bits per heavy atom. The van der Waals surface area contributed by atoms with Crippen molar-refractivity contribution in [1.29, 1.82) is 0 Å². The zero-order valence-corrected chi connectivity index (χ0v) is 13.9. The highest BCUT2D eigenvalue weighted by Crippen LogP contribution is 2.26. The fourth-order valence-electron chi connectivity index (χ4n) is 3.19. The summed E-state index contributed by atoms with van der Waals surface area (Å²) in [5.74, 6) is -0.301. The first kappa shape index (κ1) is 15.3. The average molecular weight is 344 g/mol. The van der Waals surface area contributed by atoms with E-state index in [0.717, 1.165) is 42.4 Å². The Labute approximate surface area is 144 Å². The zero-order chi connectivity index (χ0) is 16.5. The quantitative estimate of drug-likeness (QED) is 0.733. The van der Waals surface area contributed by atoms with Crippen molar-refractivity contribution in [3.8, 4) is 0 Å². The van der Waals surface area contributed by atoms with E-state index in [4.69, 9.17) is 16.0 Å². The van der Waals surface area contributed by atoms with Gasteiger partial charge in [0.05, 0.1) is 22.9 Å². The Morgan fingerprint density at radius 3 is 2.46 bits per heavy atom. The molecule has 2 heterocycles. The number of anilines is 1. The van der Waals surface area contributed by atoms with Crippen LogP contribution in [0.25, 0.3) is 11.1 Å². The molecule has 0 unspecified atom stereocenters. The van der Waals surface area contributed by atoms with Crippen LogP contribution in [0.5, 0.6) is 0 Å². The molecule has 0 bridgehead atoms. The van der Waals surface area contributed by atoms with E-state index in [2.05, 4.69) is 9.80 Å². The number of fused-ring (bicyclic) bond motifs is 1. The number of benzene rings is 2. The van der Waals surface area contributed by atoms with Crippen molar-refractivity contribution in [2.24, 2.45) is 0 Å². The van der Waals surface area contributed by atoms with Crippen LogP contribution in [0.4, 0.5) is 5.69 Å². The smallest absolute Gasteiger partial charge is 0.408 e. The van der Waals surface area contributed by atoms with Crippen LogP contribution in [-0.4, -0.2) is 35.6 Å². The number of aromatic nitrogens is 1. The first-order chi connectivity index (χ1) is 11.7. The maximum Gasteiger partial charge on any atom is 0.421 e. The molecule has 0 saturated carbocycles. The van der Waals surface area contributed by atoms with Crippen LogP contribution in [0.3, 0.4) is 0 Å². The molecule has 0 aliphatic carbocycles. The van der Waals surface area contributed by atoms with E-state index >= 15 is 0 Å². The minimum absolute atomic E-state index is 0.301. The molecule has 0 atom stereocenters. The van der Waals surface area contributed by atoms with Gasteiger partial charge in [-0.05, 0) is 24.3 Å². The monoisotopic (exact) mass is 343 g/mol. The van der Waals surface area contributed by atoms with Gasteiger partial charge in [0.2, 0.25) is 0 Å². The number of rotatable bonds is 3. The summed E-state index contributed by atoms with van der Waals surface area (Å²) in [5.41, 5.74) is 2.55. The molecule has 0 amide bonds. The number of para-hydroxylation sites is 3. The largest absolute Gasteiger partial charge is 0.421 e. The maximum atomic E-state index is 12.1. The number of halogens is 1. The van der Waals surface area contributed by atoms with Crippen LogP contribution in [-0.2, 0) is 6.67 Å². The minimum atomic E-state index is -0.301. The molecule has 1 aliphatic heterocycles. The van der Waals surface area contributed by atoms with Crippen molar-refractivity contribution in [3.05, 3.63) is 64.1 Å². The summed E-state index contributed by atoms with van der Waals surface area (Å²) in [7, 11) is 0. The Bertz CT molecular complexity index is 910. The summed E-state index contributed by atoms with van der Waals surface area (Å²) in [6, 6.07) is 15.4. The molecule has 0 N–H and O–H groups in total. The van der Waals surface area contributed by atoms with E-state index in [1.165, 1.54) is 0 Å². The molecule has 0 spiro atoms. The van der Waals surface area contributed by atoms with E-state index in [-0.39, 0.29) is 5.76 Å². The fraction of sp³-hybridized carbons (Fsp3) is 0.278. The molecule has 2 aromatic carbocycles. The van der Waals surface area contributed by atoms with Crippen LogP contribution in [0.2, 0.25) is 5.02 Å². The third kappa shape index (κ3) is 2.81. The molecule has 24 heavy (non-hydrogen) atoms.